The number of aliphatic hydroxyl groups is 1. The van der Waals surface area contributed by atoms with Gasteiger partial charge in [0.2, 0.25) is 0 Å². The summed E-state index contributed by atoms with van der Waals surface area (Å²) in [7, 11) is 0. The van der Waals surface area contributed by atoms with E-state index in [-0.39, 0.29) is 5.91 Å². The lowest BCUT2D eigenvalue weighted by Gasteiger charge is -2.45. The van der Waals surface area contributed by atoms with Crippen LogP contribution >= 0.6 is 0 Å². The van der Waals surface area contributed by atoms with Gasteiger partial charge in [-0.05, 0) is 49.6 Å². The van der Waals surface area contributed by atoms with Gasteiger partial charge in [-0.1, -0.05) is 36.4 Å². The molecular formula is C23H27NO4. The Balaban J connectivity index is 1.57. The van der Waals surface area contributed by atoms with Crippen LogP contribution in [0.1, 0.15) is 36.2 Å². The Bertz CT molecular complexity index is 864. The first-order valence-corrected chi connectivity index (χ1v) is 9.74. The monoisotopic (exact) mass is 381 g/mol. The molecule has 0 radical (unpaired) electrons. The number of hydrogen-bond donors (Lipinski definition) is 1. The van der Waals surface area contributed by atoms with Crippen molar-refractivity contribution >= 4 is 5.91 Å². The molecule has 5 nitrogen and oxygen atoms in total. The summed E-state index contributed by atoms with van der Waals surface area (Å²) in [4.78, 5) is 15.0. The Morgan fingerprint density at radius 2 is 1.71 bits per heavy atom. The van der Waals surface area contributed by atoms with Gasteiger partial charge in [0.25, 0.3) is 5.91 Å². The van der Waals surface area contributed by atoms with Gasteiger partial charge in [-0.25, -0.2) is 0 Å². The molecular weight excluding hydrogens is 354 g/mol. The van der Waals surface area contributed by atoms with E-state index < -0.39 is 17.4 Å². The highest BCUT2D eigenvalue weighted by atomic mass is 16.7. The highest BCUT2D eigenvalue weighted by Crippen LogP contribution is 2.37. The third-order valence-corrected chi connectivity index (χ3v) is 5.79. The smallest absolute Gasteiger partial charge is 0.254 e. The zero-order valence-corrected chi connectivity index (χ0v) is 16.6. The number of aliphatic hydroxyl groups excluding tert-OH is 1. The summed E-state index contributed by atoms with van der Waals surface area (Å²) in [6.45, 7) is 6.83. The number of benzene rings is 2. The number of ether oxygens (including phenoxy) is 2. The van der Waals surface area contributed by atoms with Crippen LogP contribution in [0.25, 0.3) is 11.1 Å². The van der Waals surface area contributed by atoms with Gasteiger partial charge >= 0.3 is 0 Å². The fraction of sp³-hybridized carbons (Fsp3) is 0.435. The summed E-state index contributed by atoms with van der Waals surface area (Å²) in [6, 6.07) is 15.9. The Labute approximate surface area is 165 Å². The molecule has 0 aliphatic carbocycles. The van der Waals surface area contributed by atoms with Gasteiger partial charge in [0.1, 0.15) is 0 Å². The second-order valence-electron chi connectivity index (χ2n) is 8.37. The molecule has 4 rings (SSSR count). The molecule has 1 spiro atoms. The van der Waals surface area contributed by atoms with Crippen LogP contribution in [0.15, 0.2) is 48.5 Å². The molecule has 1 amide bonds. The molecule has 2 aliphatic rings. The van der Waals surface area contributed by atoms with E-state index in [1.54, 1.807) is 4.90 Å². The Morgan fingerprint density at radius 1 is 1.07 bits per heavy atom. The first kappa shape index (κ1) is 19.1. The fourth-order valence-corrected chi connectivity index (χ4v) is 4.13. The van der Waals surface area contributed by atoms with Crippen molar-refractivity contribution in [2.75, 3.05) is 19.8 Å². The fourth-order valence-electron chi connectivity index (χ4n) is 4.13. The van der Waals surface area contributed by atoms with Crippen LogP contribution in [0.3, 0.4) is 0 Å². The van der Waals surface area contributed by atoms with E-state index in [1.807, 2.05) is 50.2 Å². The third-order valence-electron chi connectivity index (χ3n) is 5.79. The van der Waals surface area contributed by atoms with E-state index in [0.29, 0.717) is 31.7 Å². The summed E-state index contributed by atoms with van der Waals surface area (Å²) in [5.41, 5.74) is 3.43. The van der Waals surface area contributed by atoms with E-state index in [4.69, 9.17) is 9.47 Å². The van der Waals surface area contributed by atoms with Gasteiger partial charge in [-0.15, -0.1) is 0 Å². The minimum Gasteiger partial charge on any atom is -0.391 e. The molecule has 2 saturated heterocycles. The minimum absolute atomic E-state index is 0.0974. The van der Waals surface area contributed by atoms with Crippen LogP contribution in [-0.4, -0.2) is 53.1 Å². The lowest BCUT2D eigenvalue weighted by Crippen LogP contribution is -2.59. The Kier molecular flexibility index (Phi) is 4.78. The largest absolute Gasteiger partial charge is 0.391 e. The van der Waals surface area contributed by atoms with Gasteiger partial charge in [-0.3, -0.25) is 4.79 Å². The van der Waals surface area contributed by atoms with E-state index in [1.165, 1.54) is 5.56 Å². The highest BCUT2D eigenvalue weighted by Gasteiger charge is 2.52. The van der Waals surface area contributed by atoms with Crippen LogP contribution in [-0.2, 0) is 9.47 Å². The second kappa shape index (κ2) is 6.99. The molecule has 28 heavy (non-hydrogen) atoms. The predicted octanol–water partition coefficient (Wildman–Crippen LogP) is 3.39. The second-order valence-corrected chi connectivity index (χ2v) is 8.37. The molecule has 0 unspecified atom stereocenters. The Morgan fingerprint density at radius 3 is 2.36 bits per heavy atom. The van der Waals surface area contributed by atoms with Crippen molar-refractivity contribution in [3.63, 3.8) is 0 Å². The van der Waals surface area contributed by atoms with Gasteiger partial charge < -0.3 is 19.5 Å². The van der Waals surface area contributed by atoms with E-state index in [0.717, 1.165) is 11.1 Å². The molecule has 0 saturated carbocycles. The topological polar surface area (TPSA) is 59.0 Å². The molecule has 2 heterocycles. The van der Waals surface area contributed by atoms with Gasteiger partial charge in [0.15, 0.2) is 5.79 Å². The Hall–Kier alpha value is -2.21. The van der Waals surface area contributed by atoms with E-state index in [9.17, 15) is 9.90 Å². The number of carbonyl (C=O) groups excluding carboxylic acids is 1. The lowest BCUT2D eigenvalue weighted by atomic mass is 9.95. The molecule has 2 fully saturated rings. The SMILES string of the molecule is Cc1ccccc1-c1ccc(C(=O)N2C[C@H](O)CC23COC(C)(C)OC3)cc1. The van der Waals surface area contributed by atoms with Crippen LogP contribution in [0, 0.1) is 6.92 Å². The lowest BCUT2D eigenvalue weighted by molar-refractivity contribution is -0.279. The van der Waals surface area contributed by atoms with E-state index in [2.05, 4.69) is 19.1 Å². The summed E-state index contributed by atoms with van der Waals surface area (Å²) in [6.07, 6.45) is -0.0977. The minimum atomic E-state index is -0.664. The summed E-state index contributed by atoms with van der Waals surface area (Å²) >= 11 is 0. The number of likely N-dealkylation sites (tertiary alicyclic amines) is 1. The molecule has 2 aromatic carbocycles. The summed E-state index contributed by atoms with van der Waals surface area (Å²) in [5, 5.41) is 10.3. The van der Waals surface area contributed by atoms with Crippen molar-refractivity contribution in [2.24, 2.45) is 0 Å². The molecule has 0 aromatic heterocycles. The summed E-state index contributed by atoms with van der Waals surface area (Å²) in [5.74, 6) is -0.761. The number of aryl methyl sites for hydroxylation is 1. The van der Waals surface area contributed by atoms with Gasteiger partial charge in [0.05, 0.1) is 24.9 Å². The molecule has 1 N–H and O–H groups in total. The van der Waals surface area contributed by atoms with Crippen LogP contribution in [0.2, 0.25) is 0 Å². The zero-order valence-electron chi connectivity index (χ0n) is 16.6. The molecule has 0 bridgehead atoms. The number of rotatable bonds is 2. The van der Waals surface area contributed by atoms with E-state index >= 15 is 0 Å². The van der Waals surface area contributed by atoms with Crippen molar-refractivity contribution in [3.8, 4) is 11.1 Å². The standard InChI is InChI=1S/C23H27NO4/c1-16-6-4-5-7-20(16)17-8-10-18(11-9-17)21(26)24-13-19(25)12-23(24)14-27-22(2,3)28-15-23/h4-11,19,25H,12-15H2,1-3H3/t19-/m1/s1. The molecule has 148 valence electrons. The van der Waals surface area contributed by atoms with Crippen molar-refractivity contribution < 1.29 is 19.4 Å². The van der Waals surface area contributed by atoms with Crippen LogP contribution < -0.4 is 0 Å². The normalized spacial score (nSPS) is 23.1. The van der Waals surface area contributed by atoms with Crippen molar-refractivity contribution in [2.45, 2.75) is 44.6 Å². The summed E-state index contributed by atoms with van der Waals surface area (Å²) < 4.78 is 11.7. The molecule has 1 atom stereocenters. The highest BCUT2D eigenvalue weighted by molar-refractivity contribution is 5.95. The van der Waals surface area contributed by atoms with Gasteiger partial charge in [-0.2, -0.15) is 0 Å². The molecule has 5 heteroatoms. The number of amides is 1. The number of hydrogen-bond acceptors (Lipinski definition) is 4. The van der Waals surface area contributed by atoms with Gasteiger partial charge in [0, 0.05) is 18.5 Å². The van der Waals surface area contributed by atoms with Crippen molar-refractivity contribution in [1.29, 1.82) is 0 Å². The van der Waals surface area contributed by atoms with Crippen molar-refractivity contribution in [1.82, 2.24) is 4.90 Å². The predicted molar refractivity (Wildman–Crippen MR) is 107 cm³/mol. The maximum absolute atomic E-state index is 13.2. The number of β-amino-alcohol motifs (C(OH)–C–C–N with tert-alkyl or cyclic N) is 1. The average molecular weight is 381 g/mol. The number of carbonyl (C=O) groups is 1. The first-order chi connectivity index (χ1) is 13.3. The number of nitrogens with zero attached hydrogens (tertiary/aromatic N) is 1. The zero-order chi connectivity index (χ0) is 19.9. The first-order valence-electron chi connectivity index (χ1n) is 9.74. The molecule has 2 aromatic rings. The average Bonchev–Trinajstić information content (AvgIpc) is 3.01. The van der Waals surface area contributed by atoms with Crippen LogP contribution in [0.5, 0.6) is 0 Å². The maximum Gasteiger partial charge on any atom is 0.254 e. The molecule has 2 aliphatic heterocycles. The van der Waals surface area contributed by atoms with Crippen LogP contribution in [0.4, 0.5) is 0 Å². The quantitative estimate of drug-likeness (QED) is 0.866. The third kappa shape index (κ3) is 3.46. The van der Waals surface area contributed by atoms with Crippen molar-refractivity contribution in [3.05, 3.63) is 59.7 Å². The maximum atomic E-state index is 13.2.